The summed E-state index contributed by atoms with van der Waals surface area (Å²) in [6, 6.07) is 17.6. The number of amides is 2. The number of carbonyl (C=O) groups is 2. The minimum atomic E-state index is -0.482. The first-order valence-corrected chi connectivity index (χ1v) is 13.0. The third-order valence-electron chi connectivity index (χ3n) is 6.01. The number of carbonyl (C=O) groups excluding carboxylic acids is 2. The molecule has 0 heterocycles. The van der Waals surface area contributed by atoms with Gasteiger partial charge in [-0.15, -0.1) is 11.8 Å². The summed E-state index contributed by atoms with van der Waals surface area (Å²) >= 11 is 7.52. The minimum absolute atomic E-state index is 0.00573. The molecule has 1 fully saturated rings. The molecule has 0 saturated heterocycles. The summed E-state index contributed by atoms with van der Waals surface area (Å²) in [5.74, 6) is 1.04. The second-order valence-corrected chi connectivity index (χ2v) is 9.88. The Morgan fingerprint density at radius 3 is 2.41 bits per heavy atom. The highest BCUT2D eigenvalue weighted by molar-refractivity contribution is 7.99. The smallest absolute Gasteiger partial charge is 0.242 e. The number of nitrogens with zero attached hydrogens (tertiary/aromatic N) is 1. The molecule has 1 saturated carbocycles. The van der Waals surface area contributed by atoms with Gasteiger partial charge in [-0.05, 0) is 49.4 Å². The molecule has 2 amide bonds. The third kappa shape index (κ3) is 7.86. The van der Waals surface area contributed by atoms with E-state index in [9.17, 15) is 9.59 Å². The van der Waals surface area contributed by atoms with Crippen molar-refractivity contribution in [2.75, 3.05) is 12.3 Å². The maximum atomic E-state index is 13.2. The summed E-state index contributed by atoms with van der Waals surface area (Å²) in [5.41, 5.74) is 2.30. The lowest BCUT2D eigenvalue weighted by atomic mass is 9.95. The molecule has 172 valence electrons. The van der Waals surface area contributed by atoms with Crippen LogP contribution in [0.4, 0.5) is 0 Å². The van der Waals surface area contributed by atoms with Gasteiger partial charge in [-0.1, -0.05) is 73.3 Å². The van der Waals surface area contributed by atoms with E-state index < -0.39 is 6.04 Å². The molecule has 0 spiro atoms. The zero-order chi connectivity index (χ0) is 22.8. The van der Waals surface area contributed by atoms with E-state index in [1.54, 1.807) is 16.7 Å². The SMILES string of the molecule is CC(C(=O)NC1CCCCC1)N(CCc1ccccc1)C(=O)CSCc1ccc(Cl)cc1. The molecule has 32 heavy (non-hydrogen) atoms. The molecule has 1 aliphatic carbocycles. The largest absolute Gasteiger partial charge is 0.352 e. The van der Waals surface area contributed by atoms with Gasteiger partial charge in [0.05, 0.1) is 5.75 Å². The number of halogens is 1. The number of thioether (sulfide) groups is 1. The second kappa shape index (κ2) is 12.9. The quantitative estimate of drug-likeness (QED) is 0.498. The van der Waals surface area contributed by atoms with Crippen molar-refractivity contribution in [3.63, 3.8) is 0 Å². The second-order valence-electron chi connectivity index (χ2n) is 8.46. The Morgan fingerprint density at radius 2 is 1.72 bits per heavy atom. The van der Waals surface area contributed by atoms with E-state index in [1.165, 1.54) is 12.0 Å². The fourth-order valence-corrected chi connectivity index (χ4v) is 5.06. The van der Waals surface area contributed by atoms with Gasteiger partial charge in [0.1, 0.15) is 6.04 Å². The molecule has 0 aliphatic heterocycles. The monoisotopic (exact) mass is 472 g/mol. The van der Waals surface area contributed by atoms with E-state index in [4.69, 9.17) is 11.6 Å². The molecule has 1 unspecified atom stereocenters. The van der Waals surface area contributed by atoms with Crippen LogP contribution in [0.15, 0.2) is 54.6 Å². The summed E-state index contributed by atoms with van der Waals surface area (Å²) in [4.78, 5) is 27.9. The van der Waals surface area contributed by atoms with Gasteiger partial charge in [-0.25, -0.2) is 0 Å². The molecular weight excluding hydrogens is 440 g/mol. The number of hydrogen-bond donors (Lipinski definition) is 1. The predicted molar refractivity (Wildman–Crippen MR) is 134 cm³/mol. The van der Waals surface area contributed by atoms with Crippen LogP contribution in [-0.4, -0.2) is 41.1 Å². The third-order valence-corrected chi connectivity index (χ3v) is 7.25. The van der Waals surface area contributed by atoms with Crippen LogP contribution >= 0.6 is 23.4 Å². The molecule has 0 aromatic heterocycles. The summed E-state index contributed by atoms with van der Waals surface area (Å²) in [5, 5.41) is 3.90. The fourth-order valence-electron chi connectivity index (χ4n) is 4.06. The number of hydrogen-bond acceptors (Lipinski definition) is 3. The van der Waals surface area contributed by atoms with Crippen molar-refractivity contribution >= 4 is 35.2 Å². The van der Waals surface area contributed by atoms with Crippen molar-refractivity contribution in [2.45, 2.75) is 63.3 Å². The van der Waals surface area contributed by atoms with Gasteiger partial charge in [0.25, 0.3) is 0 Å². The van der Waals surface area contributed by atoms with Crippen LogP contribution in [-0.2, 0) is 21.8 Å². The fraction of sp³-hybridized carbons (Fsp3) is 0.462. The van der Waals surface area contributed by atoms with Crippen molar-refractivity contribution in [2.24, 2.45) is 0 Å². The van der Waals surface area contributed by atoms with Gasteiger partial charge >= 0.3 is 0 Å². The van der Waals surface area contributed by atoms with Crippen LogP contribution in [0.5, 0.6) is 0 Å². The topological polar surface area (TPSA) is 49.4 Å². The lowest BCUT2D eigenvalue weighted by Crippen LogP contribution is -2.51. The Hall–Kier alpha value is -1.98. The van der Waals surface area contributed by atoms with Crippen molar-refractivity contribution in [1.29, 1.82) is 0 Å². The average Bonchev–Trinajstić information content (AvgIpc) is 2.81. The van der Waals surface area contributed by atoms with Gasteiger partial charge in [-0.2, -0.15) is 0 Å². The average molecular weight is 473 g/mol. The molecule has 1 N–H and O–H groups in total. The normalized spacial score (nSPS) is 15.2. The summed E-state index contributed by atoms with van der Waals surface area (Å²) in [6.45, 7) is 2.38. The Balaban J connectivity index is 1.59. The minimum Gasteiger partial charge on any atom is -0.352 e. The first kappa shape index (κ1) is 24.7. The molecule has 3 rings (SSSR count). The van der Waals surface area contributed by atoms with E-state index in [1.807, 2.05) is 49.4 Å². The van der Waals surface area contributed by atoms with Crippen LogP contribution in [0.25, 0.3) is 0 Å². The van der Waals surface area contributed by atoms with Crippen LogP contribution in [0.1, 0.15) is 50.2 Å². The number of nitrogens with one attached hydrogen (secondary N) is 1. The summed E-state index contributed by atoms with van der Waals surface area (Å²) in [7, 11) is 0. The first-order chi connectivity index (χ1) is 15.5. The molecule has 0 bridgehead atoms. The first-order valence-electron chi connectivity index (χ1n) is 11.5. The highest BCUT2D eigenvalue weighted by Crippen LogP contribution is 2.19. The van der Waals surface area contributed by atoms with Crippen LogP contribution in [0.2, 0.25) is 5.02 Å². The van der Waals surface area contributed by atoms with Crippen molar-refractivity contribution in [1.82, 2.24) is 10.2 Å². The van der Waals surface area contributed by atoms with Gasteiger partial charge in [-0.3, -0.25) is 9.59 Å². The molecule has 1 aliphatic rings. The van der Waals surface area contributed by atoms with E-state index in [0.717, 1.165) is 43.4 Å². The Bertz CT molecular complexity index is 854. The standard InChI is InChI=1S/C26H33ClN2O2S/c1-20(26(31)28-24-10-6-3-7-11-24)29(17-16-21-8-4-2-5-9-21)25(30)19-32-18-22-12-14-23(27)15-13-22/h2,4-5,8-9,12-15,20,24H,3,6-7,10-11,16-19H2,1H3,(H,28,31). The van der Waals surface area contributed by atoms with Crippen molar-refractivity contribution in [3.05, 3.63) is 70.7 Å². The molecule has 2 aromatic carbocycles. The lowest BCUT2D eigenvalue weighted by Gasteiger charge is -2.31. The molecular formula is C26H33ClN2O2S. The van der Waals surface area contributed by atoms with Crippen LogP contribution in [0, 0.1) is 0 Å². The molecule has 6 heteroatoms. The molecule has 1 atom stereocenters. The Kier molecular flexibility index (Phi) is 9.94. The van der Waals surface area contributed by atoms with Gasteiger partial charge in [0, 0.05) is 23.4 Å². The predicted octanol–water partition coefficient (Wildman–Crippen LogP) is 5.48. The van der Waals surface area contributed by atoms with Crippen molar-refractivity contribution < 1.29 is 9.59 Å². The van der Waals surface area contributed by atoms with Crippen molar-refractivity contribution in [3.8, 4) is 0 Å². The number of benzene rings is 2. The molecule has 0 radical (unpaired) electrons. The van der Waals surface area contributed by atoms with E-state index in [0.29, 0.717) is 17.3 Å². The van der Waals surface area contributed by atoms with Gasteiger partial charge in [0.15, 0.2) is 0 Å². The Labute approximate surface area is 201 Å². The summed E-state index contributed by atoms with van der Waals surface area (Å²) < 4.78 is 0. The van der Waals surface area contributed by atoms with Gasteiger partial charge < -0.3 is 10.2 Å². The maximum Gasteiger partial charge on any atom is 0.242 e. The summed E-state index contributed by atoms with van der Waals surface area (Å²) in [6.07, 6.45) is 6.37. The molecule has 4 nitrogen and oxygen atoms in total. The highest BCUT2D eigenvalue weighted by Gasteiger charge is 2.27. The molecule has 2 aromatic rings. The van der Waals surface area contributed by atoms with E-state index >= 15 is 0 Å². The zero-order valence-corrected chi connectivity index (χ0v) is 20.3. The zero-order valence-electron chi connectivity index (χ0n) is 18.8. The van der Waals surface area contributed by atoms with E-state index in [-0.39, 0.29) is 17.9 Å². The maximum absolute atomic E-state index is 13.2. The van der Waals surface area contributed by atoms with E-state index in [2.05, 4.69) is 17.4 Å². The van der Waals surface area contributed by atoms with Gasteiger partial charge in [0.2, 0.25) is 11.8 Å². The van der Waals surface area contributed by atoms with Crippen LogP contribution in [0.3, 0.4) is 0 Å². The lowest BCUT2D eigenvalue weighted by molar-refractivity contribution is -0.138. The Morgan fingerprint density at radius 1 is 1.03 bits per heavy atom. The number of rotatable bonds is 10. The highest BCUT2D eigenvalue weighted by atomic mass is 35.5. The van der Waals surface area contributed by atoms with Crippen LogP contribution < -0.4 is 5.32 Å².